The number of benzene rings is 2. The number of nitrogens with one attached hydrogen (secondary N) is 7. The van der Waals surface area contributed by atoms with Crippen molar-refractivity contribution in [2.24, 2.45) is 23.5 Å². The van der Waals surface area contributed by atoms with E-state index < -0.39 is 139 Å². The SMILES string of the molecule is CC(C)[C@H](N)C(=O)N[C@H](C(=O)N[C@@H](CO)C(=O)N[C@@H](CC(=O)O)C(=O)N[C@H](C(=O)N[C@@H](Cc1ccccc1)C(=O)NCC(=O)N[C@@H](Cc1ccccc1)C(=O)N1CCC[C@H]1C(=O)O)C(C)C)C(C)C. The Labute approximate surface area is 400 Å². The lowest BCUT2D eigenvalue weighted by Crippen LogP contribution is -2.61. The molecular formula is C47H67N9O13. The van der Waals surface area contributed by atoms with Gasteiger partial charge in [0.25, 0.3) is 0 Å². The molecule has 1 aliphatic rings. The molecule has 1 saturated heterocycles. The molecule has 0 aliphatic carbocycles. The van der Waals surface area contributed by atoms with Crippen molar-refractivity contribution in [3.05, 3.63) is 71.8 Å². The van der Waals surface area contributed by atoms with Gasteiger partial charge in [0.05, 0.1) is 25.6 Å². The summed E-state index contributed by atoms with van der Waals surface area (Å²) in [5, 5.41) is 46.7. The lowest BCUT2D eigenvalue weighted by atomic mass is 10.00. The molecule has 378 valence electrons. The van der Waals surface area contributed by atoms with Crippen LogP contribution in [0.15, 0.2) is 60.7 Å². The van der Waals surface area contributed by atoms with Gasteiger partial charge in [0.1, 0.15) is 42.3 Å². The van der Waals surface area contributed by atoms with E-state index in [0.717, 1.165) is 0 Å². The number of carboxylic acids is 2. The first-order valence-electron chi connectivity index (χ1n) is 22.8. The molecule has 3 rings (SSSR count). The van der Waals surface area contributed by atoms with Crippen LogP contribution in [-0.4, -0.2) is 147 Å². The van der Waals surface area contributed by atoms with E-state index in [9.17, 15) is 63.3 Å². The monoisotopic (exact) mass is 965 g/mol. The second-order valence-electron chi connectivity index (χ2n) is 17.9. The number of nitrogens with zero attached hydrogens (tertiary/aromatic N) is 1. The number of aliphatic carboxylic acids is 2. The Morgan fingerprint density at radius 2 is 1.07 bits per heavy atom. The van der Waals surface area contributed by atoms with Gasteiger partial charge in [-0.2, -0.15) is 0 Å². The minimum Gasteiger partial charge on any atom is -0.481 e. The molecule has 12 N–H and O–H groups in total. The summed E-state index contributed by atoms with van der Waals surface area (Å²) in [6.45, 7) is 8.29. The van der Waals surface area contributed by atoms with Crippen LogP contribution in [0.25, 0.3) is 0 Å². The zero-order valence-electron chi connectivity index (χ0n) is 39.7. The maximum atomic E-state index is 14.0. The highest BCUT2D eigenvalue weighted by atomic mass is 16.4. The molecule has 22 heteroatoms. The minimum atomic E-state index is -1.85. The first-order valence-corrected chi connectivity index (χ1v) is 22.8. The van der Waals surface area contributed by atoms with Gasteiger partial charge in [-0.05, 0) is 41.7 Å². The third kappa shape index (κ3) is 17.6. The molecule has 2 aromatic rings. The lowest BCUT2D eigenvalue weighted by Gasteiger charge is -2.28. The first kappa shape index (κ1) is 56.4. The number of aliphatic hydroxyl groups excluding tert-OH is 1. The number of hydrogen-bond donors (Lipinski definition) is 11. The van der Waals surface area contributed by atoms with Crippen LogP contribution in [-0.2, 0) is 60.8 Å². The van der Waals surface area contributed by atoms with Crippen LogP contribution < -0.4 is 43.0 Å². The lowest BCUT2D eigenvalue weighted by molar-refractivity contribution is -0.149. The molecule has 0 spiro atoms. The quantitative estimate of drug-likeness (QED) is 0.0503. The Morgan fingerprint density at radius 1 is 0.594 bits per heavy atom. The molecular weight excluding hydrogens is 899 g/mol. The molecule has 0 saturated carbocycles. The maximum absolute atomic E-state index is 14.0. The number of aliphatic hydroxyl groups is 1. The zero-order valence-corrected chi connectivity index (χ0v) is 39.7. The van der Waals surface area contributed by atoms with Gasteiger partial charge in [-0.3, -0.25) is 43.2 Å². The van der Waals surface area contributed by atoms with Crippen molar-refractivity contribution in [2.45, 2.75) is 122 Å². The first-order chi connectivity index (χ1) is 32.5. The molecule has 0 unspecified atom stereocenters. The van der Waals surface area contributed by atoms with E-state index in [4.69, 9.17) is 5.73 Å². The van der Waals surface area contributed by atoms with E-state index in [2.05, 4.69) is 37.2 Å². The number of carboxylic acid groups (broad SMARTS) is 2. The summed E-state index contributed by atoms with van der Waals surface area (Å²) >= 11 is 0. The standard InChI is InChI=1S/C47H67N9O13/c1-25(2)37(48)43(64)55-39(27(5)6)45(66)53-33(24-57)42(63)51-31(22-36(59)60)41(62)54-38(26(3)4)44(65)52-30(20-28-14-9-7-10-15-28)40(61)49-23-35(58)50-32(21-29-16-11-8-12-17-29)46(67)56-19-13-18-34(56)47(68)69/h7-12,14-17,25-27,30-34,37-39,57H,13,18-24,48H2,1-6H3,(H,49,61)(H,50,58)(H,51,63)(H,52,65)(H,53,66)(H,54,62)(H,55,64)(H,59,60)(H,68,69)/t30-,31-,32-,33-,34-,37-,38-,39-/m0/s1. The van der Waals surface area contributed by atoms with Crippen LogP contribution in [0, 0.1) is 17.8 Å². The molecule has 1 aliphatic heterocycles. The summed E-state index contributed by atoms with van der Waals surface area (Å²) < 4.78 is 0. The second-order valence-corrected chi connectivity index (χ2v) is 17.9. The number of nitrogens with two attached hydrogens (primary N) is 1. The Kier molecular flexibility index (Phi) is 22.2. The van der Waals surface area contributed by atoms with Gasteiger partial charge in [0, 0.05) is 19.4 Å². The molecule has 0 aromatic heterocycles. The zero-order chi connectivity index (χ0) is 51.5. The predicted octanol–water partition coefficient (Wildman–Crippen LogP) is -1.67. The molecule has 0 radical (unpaired) electrons. The van der Waals surface area contributed by atoms with E-state index in [1.165, 1.54) is 4.90 Å². The van der Waals surface area contributed by atoms with E-state index in [1.807, 2.05) is 0 Å². The Hall–Kier alpha value is -6.94. The van der Waals surface area contributed by atoms with E-state index in [0.29, 0.717) is 17.5 Å². The van der Waals surface area contributed by atoms with Gasteiger partial charge in [-0.15, -0.1) is 0 Å². The Bertz CT molecular complexity index is 2120. The molecule has 1 fully saturated rings. The van der Waals surface area contributed by atoms with Gasteiger partial charge in [-0.1, -0.05) is 102 Å². The fraction of sp³-hybridized carbons (Fsp3) is 0.532. The largest absolute Gasteiger partial charge is 0.481 e. The van der Waals surface area contributed by atoms with Gasteiger partial charge >= 0.3 is 11.9 Å². The summed E-state index contributed by atoms with van der Waals surface area (Å²) in [6, 6.07) is 6.50. The highest BCUT2D eigenvalue weighted by Gasteiger charge is 2.39. The summed E-state index contributed by atoms with van der Waals surface area (Å²) in [5.74, 6) is -11.1. The number of amides is 8. The highest BCUT2D eigenvalue weighted by molar-refractivity contribution is 5.98. The predicted molar refractivity (Wildman–Crippen MR) is 249 cm³/mol. The molecule has 69 heavy (non-hydrogen) atoms. The number of carbonyl (C=O) groups excluding carboxylic acids is 8. The molecule has 8 amide bonds. The van der Waals surface area contributed by atoms with Crippen LogP contribution in [0.4, 0.5) is 0 Å². The molecule has 22 nitrogen and oxygen atoms in total. The van der Waals surface area contributed by atoms with Crippen LogP contribution in [0.2, 0.25) is 0 Å². The third-order valence-corrected chi connectivity index (χ3v) is 11.4. The van der Waals surface area contributed by atoms with Gasteiger partial charge in [0.15, 0.2) is 0 Å². The maximum Gasteiger partial charge on any atom is 0.326 e. The molecule has 1 heterocycles. The Balaban J connectivity index is 1.77. The molecule has 2 aromatic carbocycles. The number of rotatable bonds is 26. The van der Waals surface area contributed by atoms with Crippen molar-refractivity contribution in [3.63, 3.8) is 0 Å². The van der Waals surface area contributed by atoms with Crippen molar-refractivity contribution >= 4 is 59.2 Å². The van der Waals surface area contributed by atoms with Crippen LogP contribution >= 0.6 is 0 Å². The number of carbonyl (C=O) groups is 10. The van der Waals surface area contributed by atoms with Crippen LogP contribution in [0.1, 0.15) is 71.9 Å². The average molecular weight is 966 g/mol. The normalized spacial score (nSPS) is 16.4. The summed E-state index contributed by atoms with van der Waals surface area (Å²) in [5.41, 5.74) is 7.20. The Morgan fingerprint density at radius 3 is 1.55 bits per heavy atom. The minimum absolute atomic E-state index is 0.0288. The van der Waals surface area contributed by atoms with E-state index in [-0.39, 0.29) is 31.7 Å². The average Bonchev–Trinajstić information content (AvgIpc) is 3.80. The van der Waals surface area contributed by atoms with E-state index >= 15 is 0 Å². The highest BCUT2D eigenvalue weighted by Crippen LogP contribution is 2.20. The fourth-order valence-electron chi connectivity index (χ4n) is 7.38. The number of likely N-dealkylation sites (tertiary alicyclic amines) is 1. The number of hydrogen-bond acceptors (Lipinski definition) is 12. The van der Waals surface area contributed by atoms with Crippen molar-refractivity contribution in [2.75, 3.05) is 19.7 Å². The summed E-state index contributed by atoms with van der Waals surface area (Å²) in [7, 11) is 0. The van der Waals surface area contributed by atoms with Crippen LogP contribution in [0.3, 0.4) is 0 Å². The summed E-state index contributed by atoms with van der Waals surface area (Å²) in [4.78, 5) is 133. The third-order valence-electron chi connectivity index (χ3n) is 11.4. The van der Waals surface area contributed by atoms with Crippen molar-refractivity contribution in [1.29, 1.82) is 0 Å². The van der Waals surface area contributed by atoms with Gasteiger partial charge < -0.3 is 63.2 Å². The molecule has 8 atom stereocenters. The van der Waals surface area contributed by atoms with Gasteiger partial charge in [-0.25, -0.2) is 4.79 Å². The second kappa shape index (κ2) is 27.2. The van der Waals surface area contributed by atoms with Gasteiger partial charge in [0.2, 0.25) is 47.3 Å². The fourth-order valence-corrected chi connectivity index (χ4v) is 7.38. The topological polar surface area (TPSA) is 345 Å². The van der Waals surface area contributed by atoms with Crippen LogP contribution in [0.5, 0.6) is 0 Å². The van der Waals surface area contributed by atoms with E-state index in [1.54, 1.807) is 102 Å². The molecule has 0 bridgehead atoms. The van der Waals surface area contributed by atoms with Crippen molar-refractivity contribution < 1.29 is 63.3 Å². The summed E-state index contributed by atoms with van der Waals surface area (Å²) in [6.07, 6.45) is -0.350. The van der Waals surface area contributed by atoms with Crippen molar-refractivity contribution in [3.8, 4) is 0 Å². The van der Waals surface area contributed by atoms with Crippen molar-refractivity contribution in [1.82, 2.24) is 42.1 Å². The smallest absolute Gasteiger partial charge is 0.326 e.